The van der Waals surface area contributed by atoms with Gasteiger partial charge in [0.25, 0.3) is 0 Å². The van der Waals surface area contributed by atoms with Crippen molar-refractivity contribution in [2.24, 2.45) is 0 Å². The van der Waals surface area contributed by atoms with Gasteiger partial charge < -0.3 is 9.47 Å². The second-order valence-corrected chi connectivity index (χ2v) is 5.07. The van der Waals surface area contributed by atoms with Gasteiger partial charge in [-0.1, -0.05) is 42.4 Å². The quantitative estimate of drug-likeness (QED) is 0.448. The Morgan fingerprint density at radius 3 is 2.65 bits per heavy atom. The average molecular weight is 311 g/mol. The fourth-order valence-corrected chi connectivity index (χ4v) is 2.09. The van der Waals surface area contributed by atoms with Crippen molar-refractivity contribution in [3.8, 4) is 17.4 Å². The van der Waals surface area contributed by atoms with Crippen LogP contribution in [0.1, 0.15) is 13.3 Å². The van der Waals surface area contributed by atoms with Gasteiger partial charge in [0.2, 0.25) is 5.88 Å². The number of benzene rings is 1. The summed E-state index contributed by atoms with van der Waals surface area (Å²) in [5.74, 6) is 1.71. The molecule has 0 aliphatic heterocycles. The normalized spacial score (nSPS) is 10.3. The standard InChI is InChI=1S/C14H15ClN2O2S/c1-3-8-18-10-6-4-5-7-11(10)19-13-9-12(15)16-14(17-13)20-2/h4-7,9H,3,8H2,1-2H3. The molecule has 1 aromatic heterocycles. The van der Waals surface area contributed by atoms with Crippen molar-refractivity contribution in [2.75, 3.05) is 12.9 Å². The molecule has 0 N–H and O–H groups in total. The van der Waals surface area contributed by atoms with Gasteiger partial charge in [0.1, 0.15) is 5.15 Å². The lowest BCUT2D eigenvalue weighted by Crippen LogP contribution is -1.98. The Morgan fingerprint density at radius 1 is 1.20 bits per heavy atom. The van der Waals surface area contributed by atoms with Gasteiger partial charge in [0.05, 0.1) is 6.61 Å². The lowest BCUT2D eigenvalue weighted by Gasteiger charge is -2.11. The number of hydrogen-bond acceptors (Lipinski definition) is 5. The molecule has 0 saturated carbocycles. The summed E-state index contributed by atoms with van der Waals surface area (Å²) in [4.78, 5) is 8.33. The summed E-state index contributed by atoms with van der Waals surface area (Å²) in [6.45, 7) is 2.69. The molecule has 2 aromatic rings. The van der Waals surface area contributed by atoms with Crippen LogP contribution in [0.2, 0.25) is 5.15 Å². The number of hydrogen-bond donors (Lipinski definition) is 0. The van der Waals surface area contributed by atoms with Crippen LogP contribution in [0.5, 0.6) is 17.4 Å². The van der Waals surface area contributed by atoms with Crippen molar-refractivity contribution >= 4 is 23.4 Å². The van der Waals surface area contributed by atoms with E-state index in [1.807, 2.05) is 30.5 Å². The minimum atomic E-state index is 0.353. The fourth-order valence-electron chi connectivity index (χ4n) is 1.50. The number of aromatic nitrogens is 2. The molecule has 0 amide bonds. The van der Waals surface area contributed by atoms with Crippen molar-refractivity contribution < 1.29 is 9.47 Å². The topological polar surface area (TPSA) is 44.2 Å². The molecule has 6 heteroatoms. The molecule has 0 fully saturated rings. The van der Waals surface area contributed by atoms with E-state index in [0.29, 0.717) is 34.3 Å². The molecular formula is C14H15ClN2O2S. The molecule has 106 valence electrons. The molecule has 0 unspecified atom stereocenters. The summed E-state index contributed by atoms with van der Waals surface area (Å²) in [6, 6.07) is 9.06. The smallest absolute Gasteiger partial charge is 0.224 e. The van der Waals surface area contributed by atoms with Crippen LogP contribution in [0.3, 0.4) is 0 Å². The van der Waals surface area contributed by atoms with Crippen LogP contribution < -0.4 is 9.47 Å². The van der Waals surface area contributed by atoms with Crippen LogP contribution in [-0.2, 0) is 0 Å². The van der Waals surface area contributed by atoms with E-state index in [4.69, 9.17) is 21.1 Å². The molecule has 4 nitrogen and oxygen atoms in total. The molecular weight excluding hydrogens is 296 g/mol. The molecule has 1 heterocycles. The van der Waals surface area contributed by atoms with Crippen molar-refractivity contribution in [1.82, 2.24) is 9.97 Å². The van der Waals surface area contributed by atoms with E-state index in [9.17, 15) is 0 Å². The number of halogens is 1. The zero-order chi connectivity index (χ0) is 14.4. The van der Waals surface area contributed by atoms with Gasteiger partial charge in [-0.15, -0.1) is 0 Å². The molecule has 0 aliphatic carbocycles. The maximum Gasteiger partial charge on any atom is 0.224 e. The number of para-hydroxylation sites is 2. The fraction of sp³-hybridized carbons (Fsp3) is 0.286. The predicted octanol–water partition coefficient (Wildman–Crippen LogP) is 4.43. The number of ether oxygens (including phenoxy) is 2. The summed E-state index contributed by atoms with van der Waals surface area (Å²) in [5, 5.41) is 0.922. The average Bonchev–Trinajstić information content (AvgIpc) is 2.45. The van der Waals surface area contributed by atoms with Gasteiger partial charge in [-0.05, 0) is 24.8 Å². The van der Waals surface area contributed by atoms with Crippen molar-refractivity contribution in [3.63, 3.8) is 0 Å². The molecule has 1 aromatic carbocycles. The Kier molecular flexibility index (Phi) is 5.49. The van der Waals surface area contributed by atoms with Crippen LogP contribution in [0, 0.1) is 0 Å². The first-order valence-electron chi connectivity index (χ1n) is 6.21. The third-order valence-electron chi connectivity index (χ3n) is 2.36. The first kappa shape index (κ1) is 14.9. The molecule has 2 rings (SSSR count). The third-order valence-corrected chi connectivity index (χ3v) is 3.10. The summed E-state index contributed by atoms with van der Waals surface area (Å²) < 4.78 is 11.4. The largest absolute Gasteiger partial charge is 0.490 e. The second-order valence-electron chi connectivity index (χ2n) is 3.91. The van der Waals surface area contributed by atoms with Crippen molar-refractivity contribution in [2.45, 2.75) is 18.5 Å². The highest BCUT2D eigenvalue weighted by Gasteiger charge is 2.09. The van der Waals surface area contributed by atoms with E-state index in [2.05, 4.69) is 16.9 Å². The lowest BCUT2D eigenvalue weighted by atomic mass is 10.3. The zero-order valence-electron chi connectivity index (χ0n) is 11.3. The summed E-state index contributed by atoms with van der Waals surface area (Å²) >= 11 is 7.35. The Balaban J connectivity index is 2.23. The molecule has 0 saturated heterocycles. The number of nitrogens with zero attached hydrogens (tertiary/aromatic N) is 2. The van der Waals surface area contributed by atoms with E-state index in [1.54, 1.807) is 6.07 Å². The zero-order valence-corrected chi connectivity index (χ0v) is 12.9. The van der Waals surface area contributed by atoms with Crippen molar-refractivity contribution in [3.05, 3.63) is 35.5 Å². The monoisotopic (exact) mass is 310 g/mol. The van der Waals surface area contributed by atoms with Gasteiger partial charge in [-0.3, -0.25) is 0 Å². The first-order chi connectivity index (χ1) is 9.72. The maximum absolute atomic E-state index is 5.94. The summed E-state index contributed by atoms with van der Waals surface area (Å²) in [6.07, 6.45) is 2.82. The van der Waals surface area contributed by atoms with E-state index in [-0.39, 0.29) is 0 Å². The Morgan fingerprint density at radius 2 is 1.95 bits per heavy atom. The van der Waals surface area contributed by atoms with Crippen LogP contribution in [0.4, 0.5) is 0 Å². The Bertz CT molecular complexity index is 581. The second kappa shape index (κ2) is 7.36. The van der Waals surface area contributed by atoms with Gasteiger partial charge in [-0.25, -0.2) is 4.98 Å². The maximum atomic E-state index is 5.94. The molecule has 0 atom stereocenters. The van der Waals surface area contributed by atoms with E-state index in [0.717, 1.165) is 6.42 Å². The molecule has 20 heavy (non-hydrogen) atoms. The van der Waals surface area contributed by atoms with Gasteiger partial charge in [-0.2, -0.15) is 4.98 Å². The number of thioether (sulfide) groups is 1. The van der Waals surface area contributed by atoms with E-state index < -0.39 is 0 Å². The predicted molar refractivity (Wildman–Crippen MR) is 81.1 cm³/mol. The summed E-state index contributed by atoms with van der Waals surface area (Å²) in [7, 11) is 0. The third kappa shape index (κ3) is 4.02. The van der Waals surface area contributed by atoms with Crippen LogP contribution in [0.15, 0.2) is 35.5 Å². The number of rotatable bonds is 6. The van der Waals surface area contributed by atoms with Gasteiger partial charge in [0.15, 0.2) is 16.7 Å². The minimum absolute atomic E-state index is 0.353. The molecule has 0 spiro atoms. The Hall–Kier alpha value is -1.46. The van der Waals surface area contributed by atoms with Gasteiger partial charge in [0, 0.05) is 6.07 Å². The highest BCUT2D eigenvalue weighted by molar-refractivity contribution is 7.98. The van der Waals surface area contributed by atoms with E-state index in [1.165, 1.54) is 11.8 Å². The highest BCUT2D eigenvalue weighted by Crippen LogP contribution is 2.31. The van der Waals surface area contributed by atoms with Crippen molar-refractivity contribution in [1.29, 1.82) is 0 Å². The van der Waals surface area contributed by atoms with Crippen LogP contribution in [-0.4, -0.2) is 22.8 Å². The molecule has 0 aliphatic rings. The highest BCUT2D eigenvalue weighted by atomic mass is 35.5. The minimum Gasteiger partial charge on any atom is -0.490 e. The molecule has 0 bridgehead atoms. The molecule has 0 radical (unpaired) electrons. The van der Waals surface area contributed by atoms with Gasteiger partial charge >= 0.3 is 0 Å². The first-order valence-corrected chi connectivity index (χ1v) is 7.81. The summed E-state index contributed by atoms with van der Waals surface area (Å²) in [5.41, 5.74) is 0. The SMILES string of the molecule is CCCOc1ccccc1Oc1cc(Cl)nc(SC)n1. The Labute approximate surface area is 127 Å². The van der Waals surface area contributed by atoms with E-state index >= 15 is 0 Å². The lowest BCUT2D eigenvalue weighted by molar-refractivity contribution is 0.300. The van der Waals surface area contributed by atoms with Crippen LogP contribution in [0.25, 0.3) is 0 Å². The van der Waals surface area contributed by atoms with Crippen LogP contribution >= 0.6 is 23.4 Å².